The van der Waals surface area contributed by atoms with Crippen molar-refractivity contribution in [2.75, 3.05) is 12.9 Å². The van der Waals surface area contributed by atoms with E-state index in [4.69, 9.17) is 8.61 Å². The van der Waals surface area contributed by atoms with Crippen molar-refractivity contribution in [3.8, 4) is 0 Å². The summed E-state index contributed by atoms with van der Waals surface area (Å²) in [5.41, 5.74) is 0. The molecule has 3 unspecified atom stereocenters. The Labute approximate surface area is 175 Å². The van der Waals surface area contributed by atoms with Crippen molar-refractivity contribution in [1.82, 2.24) is 0 Å². The lowest BCUT2D eigenvalue weighted by Gasteiger charge is -2.48. The molecule has 1 saturated carbocycles. The van der Waals surface area contributed by atoms with E-state index < -0.39 is 32.6 Å². The Hall–Kier alpha value is -0.0262. The predicted molar refractivity (Wildman–Crippen MR) is 121 cm³/mol. The highest BCUT2D eigenvalue weighted by Crippen LogP contribution is 2.47. The minimum Gasteiger partial charge on any atom is -0.417 e. The molecule has 0 spiro atoms. The monoisotopic (exact) mass is 450 g/mol. The number of hydrogen-bond acceptors (Lipinski definition) is 5. The SMILES string of the molecule is CC(C)(C)[Si](C)(C)OCCC1C(OS(C)(=O)=O)CC1C(=O)[Si](C)(C)C(C)(C)C. The van der Waals surface area contributed by atoms with Crippen molar-refractivity contribution >= 4 is 31.9 Å². The lowest BCUT2D eigenvalue weighted by Crippen LogP contribution is -2.58. The maximum atomic E-state index is 13.4. The van der Waals surface area contributed by atoms with Crippen LogP contribution in [0, 0.1) is 11.8 Å². The molecule has 28 heavy (non-hydrogen) atoms. The predicted octanol–water partition coefficient (Wildman–Crippen LogP) is 5.00. The average Bonchev–Trinajstić information content (AvgIpc) is 2.43. The summed E-state index contributed by atoms with van der Waals surface area (Å²) in [6, 6.07) is 0. The standard InChI is InChI=1S/C20H42O5SSi2/c1-19(2,3)27(8,9)18(21)16-14-17(25-26(7,22)23)15(16)12-13-24-28(10,11)20(4,5)6/h15-17H,12-14H2,1-11H3. The van der Waals surface area contributed by atoms with Crippen LogP contribution in [0.3, 0.4) is 0 Å². The van der Waals surface area contributed by atoms with Crippen LogP contribution in [0.1, 0.15) is 54.4 Å². The van der Waals surface area contributed by atoms with E-state index in [9.17, 15) is 13.2 Å². The average molecular weight is 451 g/mol. The Morgan fingerprint density at radius 2 is 1.50 bits per heavy atom. The molecule has 0 amide bonds. The minimum atomic E-state index is -3.54. The fourth-order valence-electron chi connectivity index (χ4n) is 3.19. The second-order valence-electron chi connectivity index (χ2n) is 11.5. The van der Waals surface area contributed by atoms with Crippen molar-refractivity contribution < 1.29 is 21.8 Å². The van der Waals surface area contributed by atoms with Gasteiger partial charge in [-0.3, -0.25) is 4.18 Å². The van der Waals surface area contributed by atoms with Gasteiger partial charge >= 0.3 is 0 Å². The van der Waals surface area contributed by atoms with Gasteiger partial charge in [-0.2, -0.15) is 8.42 Å². The molecular formula is C20H42O5SSi2. The third-order valence-corrected chi connectivity index (χ3v) is 17.8. The van der Waals surface area contributed by atoms with Gasteiger partial charge in [0.1, 0.15) is 13.5 Å². The number of carbonyl (C=O) groups excluding carboxylic acids is 1. The smallest absolute Gasteiger partial charge is 0.264 e. The van der Waals surface area contributed by atoms with E-state index in [1.54, 1.807) is 0 Å². The molecule has 1 fully saturated rings. The van der Waals surface area contributed by atoms with Gasteiger partial charge in [0.05, 0.1) is 12.4 Å². The highest BCUT2D eigenvalue weighted by molar-refractivity contribution is 7.86. The highest BCUT2D eigenvalue weighted by atomic mass is 32.2. The molecule has 1 aliphatic rings. The molecular weight excluding hydrogens is 408 g/mol. The first-order valence-electron chi connectivity index (χ1n) is 10.3. The number of carbonyl (C=O) groups is 1. The topological polar surface area (TPSA) is 69.7 Å². The van der Waals surface area contributed by atoms with Gasteiger partial charge in [-0.1, -0.05) is 54.6 Å². The number of rotatable bonds is 8. The van der Waals surface area contributed by atoms with Crippen LogP contribution in [-0.4, -0.2) is 49.2 Å². The Balaban J connectivity index is 2.93. The maximum absolute atomic E-state index is 13.4. The van der Waals surface area contributed by atoms with Crippen LogP contribution in [0.25, 0.3) is 0 Å². The zero-order chi connectivity index (χ0) is 22.3. The van der Waals surface area contributed by atoms with Crippen LogP contribution in [0.2, 0.25) is 36.3 Å². The molecule has 0 saturated heterocycles. The van der Waals surface area contributed by atoms with Gasteiger partial charge in [-0.25, -0.2) is 0 Å². The van der Waals surface area contributed by atoms with E-state index in [1.165, 1.54) is 0 Å². The zero-order valence-electron chi connectivity index (χ0n) is 19.8. The highest BCUT2D eigenvalue weighted by Gasteiger charge is 2.54. The van der Waals surface area contributed by atoms with Crippen LogP contribution in [-0.2, 0) is 23.5 Å². The molecule has 0 aromatic heterocycles. The summed E-state index contributed by atoms with van der Waals surface area (Å²) in [5.74, 6) is -0.197. The van der Waals surface area contributed by atoms with Gasteiger partial charge in [0.2, 0.25) is 0 Å². The molecule has 1 aliphatic carbocycles. The first-order chi connectivity index (χ1) is 12.2. The molecule has 0 N–H and O–H groups in total. The Kier molecular flexibility index (Phi) is 7.66. The van der Waals surface area contributed by atoms with E-state index in [0.29, 0.717) is 24.9 Å². The van der Waals surface area contributed by atoms with Crippen molar-refractivity contribution in [2.45, 2.75) is 96.8 Å². The molecule has 0 radical (unpaired) electrons. The van der Waals surface area contributed by atoms with Gasteiger partial charge < -0.3 is 9.22 Å². The minimum absolute atomic E-state index is 0.0327. The van der Waals surface area contributed by atoms with Crippen LogP contribution >= 0.6 is 0 Å². The molecule has 0 heterocycles. The van der Waals surface area contributed by atoms with Gasteiger partial charge in [0.15, 0.2) is 8.32 Å². The van der Waals surface area contributed by atoms with Crippen molar-refractivity contribution in [2.24, 2.45) is 11.8 Å². The summed E-state index contributed by atoms with van der Waals surface area (Å²) in [6.07, 6.45) is 1.84. The molecule has 0 aromatic rings. The lowest BCUT2D eigenvalue weighted by molar-refractivity contribution is -0.128. The molecule has 1 rings (SSSR count). The fourth-order valence-corrected chi connectivity index (χ4v) is 6.92. The van der Waals surface area contributed by atoms with E-state index in [2.05, 4.69) is 67.7 Å². The summed E-state index contributed by atoms with van der Waals surface area (Å²) >= 11 is 0. The lowest BCUT2D eigenvalue weighted by atomic mass is 9.70. The zero-order valence-corrected chi connectivity index (χ0v) is 22.6. The Morgan fingerprint density at radius 3 is 1.89 bits per heavy atom. The third-order valence-electron chi connectivity index (χ3n) is 7.33. The van der Waals surface area contributed by atoms with E-state index >= 15 is 0 Å². The fraction of sp³-hybridized carbons (Fsp3) is 0.950. The van der Waals surface area contributed by atoms with E-state index in [-0.39, 0.29) is 21.9 Å². The van der Waals surface area contributed by atoms with Crippen LogP contribution in [0.4, 0.5) is 0 Å². The van der Waals surface area contributed by atoms with Crippen LogP contribution in [0.5, 0.6) is 0 Å². The van der Waals surface area contributed by atoms with Crippen molar-refractivity contribution in [3.05, 3.63) is 0 Å². The second-order valence-corrected chi connectivity index (χ2v) is 23.1. The normalized spacial score (nSPS) is 24.8. The summed E-state index contributed by atoms with van der Waals surface area (Å²) < 4.78 is 34.9. The first-order valence-corrected chi connectivity index (χ1v) is 18.0. The molecule has 0 aliphatic heterocycles. The van der Waals surface area contributed by atoms with E-state index in [1.807, 2.05) is 0 Å². The summed E-state index contributed by atoms with van der Waals surface area (Å²) in [5, 5.41) is 0.423. The third kappa shape index (κ3) is 6.00. The van der Waals surface area contributed by atoms with Gasteiger partial charge in [-0.05, 0) is 41.9 Å². The Bertz CT molecular complexity index is 672. The quantitative estimate of drug-likeness (QED) is 0.384. The largest absolute Gasteiger partial charge is 0.417 e. The summed E-state index contributed by atoms with van der Waals surface area (Å²) in [7, 11) is -7.57. The molecule has 0 bridgehead atoms. The van der Waals surface area contributed by atoms with Crippen molar-refractivity contribution in [1.29, 1.82) is 0 Å². The van der Waals surface area contributed by atoms with Gasteiger partial charge in [0, 0.05) is 12.5 Å². The van der Waals surface area contributed by atoms with Gasteiger partial charge in [0.25, 0.3) is 10.1 Å². The first kappa shape index (κ1) is 26.0. The van der Waals surface area contributed by atoms with Crippen molar-refractivity contribution in [3.63, 3.8) is 0 Å². The molecule has 3 atom stereocenters. The van der Waals surface area contributed by atoms with Crippen LogP contribution < -0.4 is 0 Å². The number of hydrogen-bond donors (Lipinski definition) is 0. The second kappa shape index (κ2) is 8.25. The molecule has 0 aromatic carbocycles. The Morgan fingerprint density at radius 1 is 1.00 bits per heavy atom. The van der Waals surface area contributed by atoms with Gasteiger partial charge in [-0.15, -0.1) is 0 Å². The molecule has 5 nitrogen and oxygen atoms in total. The van der Waals surface area contributed by atoms with E-state index in [0.717, 1.165) is 6.26 Å². The summed E-state index contributed by atoms with van der Waals surface area (Å²) in [6.45, 7) is 22.2. The summed E-state index contributed by atoms with van der Waals surface area (Å²) in [4.78, 5) is 13.4. The van der Waals surface area contributed by atoms with Crippen LogP contribution in [0.15, 0.2) is 0 Å². The molecule has 8 heteroatoms. The molecule has 166 valence electrons. The maximum Gasteiger partial charge on any atom is 0.264 e.